The van der Waals surface area contributed by atoms with Crippen molar-refractivity contribution < 1.29 is 0 Å². The van der Waals surface area contributed by atoms with Crippen LogP contribution in [0.15, 0.2) is 28.7 Å². The van der Waals surface area contributed by atoms with Crippen molar-refractivity contribution in [3.63, 3.8) is 0 Å². The van der Waals surface area contributed by atoms with Crippen molar-refractivity contribution in [1.82, 2.24) is 15.0 Å². The number of rotatable bonds is 3. The average molecular weight is 293 g/mol. The van der Waals surface area contributed by atoms with E-state index in [0.717, 1.165) is 21.4 Å². The number of hydrogen-bond acceptors (Lipinski definition) is 3. The standard InChI is InChI=1S/C12H13BrN4/c13-9-3-1-2-8(6-9)12-11(7-14)15-16-17(12)10-4-5-10/h1-3,6,10H,4-5,7,14H2. The first-order chi connectivity index (χ1) is 8.29. The molecule has 1 aliphatic carbocycles. The third-order valence-electron chi connectivity index (χ3n) is 2.95. The van der Waals surface area contributed by atoms with Crippen LogP contribution in [0.1, 0.15) is 24.6 Å². The number of nitrogens with two attached hydrogens (primary N) is 1. The first-order valence-electron chi connectivity index (χ1n) is 5.69. The Bertz CT molecular complexity index is 545. The SMILES string of the molecule is NCc1nnn(C2CC2)c1-c1cccc(Br)c1. The van der Waals surface area contributed by atoms with Crippen LogP contribution in [-0.2, 0) is 6.54 Å². The molecule has 1 heterocycles. The van der Waals surface area contributed by atoms with Crippen LogP contribution in [0.4, 0.5) is 0 Å². The predicted molar refractivity (Wildman–Crippen MR) is 69.3 cm³/mol. The molecule has 5 heteroatoms. The third kappa shape index (κ3) is 2.00. The topological polar surface area (TPSA) is 56.7 Å². The summed E-state index contributed by atoms with van der Waals surface area (Å²) in [5.74, 6) is 0. The molecule has 1 aliphatic rings. The van der Waals surface area contributed by atoms with E-state index >= 15 is 0 Å². The highest BCUT2D eigenvalue weighted by Gasteiger charge is 2.29. The Morgan fingerprint density at radius 2 is 2.24 bits per heavy atom. The van der Waals surface area contributed by atoms with Crippen LogP contribution in [-0.4, -0.2) is 15.0 Å². The molecular weight excluding hydrogens is 280 g/mol. The maximum absolute atomic E-state index is 5.73. The monoisotopic (exact) mass is 292 g/mol. The Labute approximate surface area is 108 Å². The molecule has 1 aromatic carbocycles. The van der Waals surface area contributed by atoms with E-state index in [4.69, 9.17) is 5.73 Å². The van der Waals surface area contributed by atoms with E-state index in [1.807, 2.05) is 16.8 Å². The Morgan fingerprint density at radius 1 is 1.41 bits per heavy atom. The van der Waals surface area contributed by atoms with Gasteiger partial charge in [-0.15, -0.1) is 5.10 Å². The Morgan fingerprint density at radius 3 is 2.88 bits per heavy atom. The lowest BCUT2D eigenvalue weighted by atomic mass is 10.1. The maximum atomic E-state index is 5.73. The highest BCUT2D eigenvalue weighted by atomic mass is 79.9. The largest absolute Gasteiger partial charge is 0.325 e. The molecule has 0 bridgehead atoms. The number of halogens is 1. The fourth-order valence-corrected chi connectivity index (χ4v) is 2.37. The molecule has 0 unspecified atom stereocenters. The highest BCUT2D eigenvalue weighted by Crippen LogP contribution is 2.38. The summed E-state index contributed by atoms with van der Waals surface area (Å²) in [5.41, 5.74) is 8.79. The van der Waals surface area contributed by atoms with Gasteiger partial charge in [-0.1, -0.05) is 33.3 Å². The van der Waals surface area contributed by atoms with Crippen LogP contribution in [0.5, 0.6) is 0 Å². The Balaban J connectivity index is 2.14. The van der Waals surface area contributed by atoms with E-state index in [9.17, 15) is 0 Å². The van der Waals surface area contributed by atoms with Crippen LogP contribution in [0, 0.1) is 0 Å². The third-order valence-corrected chi connectivity index (χ3v) is 3.44. The quantitative estimate of drug-likeness (QED) is 0.946. The number of hydrogen-bond donors (Lipinski definition) is 1. The van der Waals surface area contributed by atoms with E-state index in [2.05, 4.69) is 38.4 Å². The van der Waals surface area contributed by atoms with Gasteiger partial charge in [0.2, 0.25) is 0 Å². The zero-order valence-electron chi connectivity index (χ0n) is 9.31. The molecule has 0 aliphatic heterocycles. The number of nitrogens with zero attached hydrogens (tertiary/aromatic N) is 3. The van der Waals surface area contributed by atoms with E-state index in [1.54, 1.807) is 0 Å². The summed E-state index contributed by atoms with van der Waals surface area (Å²) < 4.78 is 3.07. The molecule has 3 rings (SSSR count). The molecule has 17 heavy (non-hydrogen) atoms. The lowest BCUT2D eigenvalue weighted by Crippen LogP contribution is -2.02. The molecule has 0 amide bonds. The van der Waals surface area contributed by atoms with Crippen molar-refractivity contribution in [1.29, 1.82) is 0 Å². The molecule has 88 valence electrons. The fourth-order valence-electron chi connectivity index (χ4n) is 1.97. The molecule has 0 spiro atoms. The van der Waals surface area contributed by atoms with Gasteiger partial charge in [-0.05, 0) is 25.0 Å². The summed E-state index contributed by atoms with van der Waals surface area (Å²) >= 11 is 3.49. The second-order valence-electron chi connectivity index (χ2n) is 4.27. The second-order valence-corrected chi connectivity index (χ2v) is 5.19. The van der Waals surface area contributed by atoms with Gasteiger partial charge in [0.1, 0.15) is 5.69 Å². The van der Waals surface area contributed by atoms with Gasteiger partial charge in [-0.25, -0.2) is 4.68 Å². The molecular formula is C12H13BrN4. The van der Waals surface area contributed by atoms with Crippen molar-refractivity contribution in [3.05, 3.63) is 34.4 Å². The van der Waals surface area contributed by atoms with E-state index in [-0.39, 0.29) is 0 Å². The first kappa shape index (κ1) is 10.9. The number of aromatic nitrogens is 3. The molecule has 1 fully saturated rings. The van der Waals surface area contributed by atoms with Gasteiger partial charge in [0.15, 0.2) is 0 Å². The summed E-state index contributed by atoms with van der Waals surface area (Å²) in [7, 11) is 0. The van der Waals surface area contributed by atoms with Crippen molar-refractivity contribution in [2.45, 2.75) is 25.4 Å². The predicted octanol–water partition coefficient (Wildman–Crippen LogP) is 2.50. The first-order valence-corrected chi connectivity index (χ1v) is 6.49. The summed E-state index contributed by atoms with van der Waals surface area (Å²) in [6.07, 6.45) is 2.38. The summed E-state index contributed by atoms with van der Waals surface area (Å²) in [5, 5.41) is 8.40. The van der Waals surface area contributed by atoms with E-state index < -0.39 is 0 Å². The lowest BCUT2D eigenvalue weighted by Gasteiger charge is -2.07. The van der Waals surface area contributed by atoms with Crippen LogP contribution in [0.3, 0.4) is 0 Å². The molecule has 0 saturated heterocycles. The van der Waals surface area contributed by atoms with Crippen LogP contribution in [0.2, 0.25) is 0 Å². The van der Waals surface area contributed by atoms with Gasteiger partial charge in [-0.2, -0.15) is 0 Å². The van der Waals surface area contributed by atoms with E-state index in [1.165, 1.54) is 12.8 Å². The van der Waals surface area contributed by atoms with Crippen molar-refractivity contribution in [3.8, 4) is 11.3 Å². The molecule has 1 aromatic heterocycles. The van der Waals surface area contributed by atoms with Crippen molar-refractivity contribution in [2.75, 3.05) is 0 Å². The van der Waals surface area contributed by atoms with Gasteiger partial charge in [-0.3, -0.25) is 0 Å². The smallest absolute Gasteiger partial charge is 0.104 e. The minimum Gasteiger partial charge on any atom is -0.325 e. The van der Waals surface area contributed by atoms with Gasteiger partial charge < -0.3 is 5.73 Å². The minimum absolute atomic E-state index is 0.425. The van der Waals surface area contributed by atoms with E-state index in [0.29, 0.717) is 12.6 Å². The molecule has 1 saturated carbocycles. The lowest BCUT2D eigenvalue weighted by molar-refractivity contribution is 0.616. The Kier molecular flexibility index (Phi) is 2.72. The van der Waals surface area contributed by atoms with Crippen LogP contribution >= 0.6 is 15.9 Å². The fraction of sp³-hybridized carbons (Fsp3) is 0.333. The van der Waals surface area contributed by atoms with Gasteiger partial charge in [0, 0.05) is 16.6 Å². The van der Waals surface area contributed by atoms with Crippen molar-refractivity contribution >= 4 is 15.9 Å². The van der Waals surface area contributed by atoms with Crippen molar-refractivity contribution in [2.24, 2.45) is 5.73 Å². The zero-order valence-corrected chi connectivity index (χ0v) is 10.9. The summed E-state index contributed by atoms with van der Waals surface area (Å²) in [4.78, 5) is 0. The molecule has 2 N–H and O–H groups in total. The molecule has 2 aromatic rings. The summed E-state index contributed by atoms with van der Waals surface area (Å²) in [6.45, 7) is 0.425. The highest BCUT2D eigenvalue weighted by molar-refractivity contribution is 9.10. The van der Waals surface area contributed by atoms with Gasteiger partial charge in [0.25, 0.3) is 0 Å². The normalized spacial score (nSPS) is 15.2. The van der Waals surface area contributed by atoms with Gasteiger partial charge >= 0.3 is 0 Å². The summed E-state index contributed by atoms with van der Waals surface area (Å²) in [6, 6.07) is 8.69. The maximum Gasteiger partial charge on any atom is 0.104 e. The van der Waals surface area contributed by atoms with Gasteiger partial charge in [0.05, 0.1) is 11.7 Å². The molecule has 0 radical (unpaired) electrons. The average Bonchev–Trinajstić information content (AvgIpc) is 3.08. The molecule has 0 atom stereocenters. The Hall–Kier alpha value is -1.20. The minimum atomic E-state index is 0.425. The molecule has 4 nitrogen and oxygen atoms in total. The number of benzene rings is 1. The zero-order chi connectivity index (χ0) is 11.8. The van der Waals surface area contributed by atoms with Crippen LogP contribution < -0.4 is 5.73 Å². The van der Waals surface area contributed by atoms with Crippen LogP contribution in [0.25, 0.3) is 11.3 Å². The second kappa shape index (κ2) is 4.23.